The fourth-order valence-corrected chi connectivity index (χ4v) is 3.00. The largest absolute Gasteiger partial charge is 0.374 e. The molecule has 0 saturated carbocycles. The van der Waals surface area contributed by atoms with E-state index in [1.165, 1.54) is 11.4 Å². The molecule has 1 aliphatic heterocycles. The van der Waals surface area contributed by atoms with Crippen LogP contribution in [0.1, 0.15) is 6.92 Å². The van der Waals surface area contributed by atoms with Crippen molar-refractivity contribution in [3.8, 4) is 0 Å². The van der Waals surface area contributed by atoms with Crippen LogP contribution in [-0.4, -0.2) is 26.2 Å². The normalized spacial score (nSPS) is 21.4. The second kappa shape index (κ2) is 5.58. The molecule has 20 heavy (non-hydrogen) atoms. The molecule has 0 aromatic heterocycles. The van der Waals surface area contributed by atoms with Gasteiger partial charge in [0.05, 0.1) is 0 Å². The maximum Gasteiger partial charge on any atom is 0.0368 e. The third kappa shape index (κ3) is 2.51. The predicted molar refractivity (Wildman–Crippen MR) is 86.5 cm³/mol. The Hall–Kier alpha value is -1.96. The molecule has 1 fully saturated rings. The summed E-state index contributed by atoms with van der Waals surface area (Å²) in [5, 5.41) is 0. The van der Waals surface area contributed by atoms with Crippen LogP contribution >= 0.6 is 0 Å². The predicted octanol–water partition coefficient (Wildman–Crippen LogP) is 3.65. The lowest BCUT2D eigenvalue weighted by molar-refractivity contribution is 0.317. The Kier molecular flexibility index (Phi) is 3.64. The van der Waals surface area contributed by atoms with Gasteiger partial charge in [0.25, 0.3) is 0 Å². The van der Waals surface area contributed by atoms with E-state index < -0.39 is 0 Å². The Morgan fingerprint density at radius 2 is 1.60 bits per heavy atom. The van der Waals surface area contributed by atoms with Gasteiger partial charge in [-0.1, -0.05) is 36.4 Å². The van der Waals surface area contributed by atoms with Crippen molar-refractivity contribution in [2.45, 2.75) is 13.0 Å². The summed E-state index contributed by atoms with van der Waals surface area (Å²) in [4.78, 5) is 4.85. The van der Waals surface area contributed by atoms with E-state index in [1.807, 2.05) is 0 Å². The molecule has 0 spiro atoms. The second-order valence-corrected chi connectivity index (χ2v) is 5.70. The van der Waals surface area contributed by atoms with Crippen LogP contribution in [0.5, 0.6) is 0 Å². The molecule has 0 amide bonds. The molecule has 1 saturated heterocycles. The summed E-state index contributed by atoms with van der Waals surface area (Å²) in [7, 11) is 2.19. The Morgan fingerprint density at radius 1 is 1.00 bits per heavy atom. The van der Waals surface area contributed by atoms with E-state index in [1.54, 1.807) is 0 Å². The average molecular weight is 266 g/mol. The monoisotopic (exact) mass is 266 g/mol. The molecule has 0 N–H and O–H groups in total. The van der Waals surface area contributed by atoms with Gasteiger partial charge in [0, 0.05) is 43.5 Å². The molecular weight excluding hydrogens is 244 g/mol. The first-order valence-electron chi connectivity index (χ1n) is 7.33. The van der Waals surface area contributed by atoms with Crippen LogP contribution in [0.15, 0.2) is 60.7 Å². The van der Waals surface area contributed by atoms with Crippen molar-refractivity contribution < 1.29 is 0 Å². The van der Waals surface area contributed by atoms with Gasteiger partial charge in [0.1, 0.15) is 0 Å². The summed E-state index contributed by atoms with van der Waals surface area (Å²) in [5.74, 6) is 0.736. The number of hydrogen-bond acceptors (Lipinski definition) is 2. The van der Waals surface area contributed by atoms with Crippen LogP contribution < -0.4 is 9.80 Å². The van der Waals surface area contributed by atoms with Gasteiger partial charge in [-0.05, 0) is 31.2 Å². The van der Waals surface area contributed by atoms with Crippen molar-refractivity contribution in [2.24, 2.45) is 5.92 Å². The maximum atomic E-state index is 2.49. The Morgan fingerprint density at radius 3 is 2.20 bits per heavy atom. The van der Waals surface area contributed by atoms with Crippen LogP contribution in [0.3, 0.4) is 0 Å². The fraction of sp³-hybridized carbons (Fsp3) is 0.333. The SMILES string of the molecule is C[C@@H]1[C@@H](CN(C)c2ccccc2)CN1c1ccccc1. The molecule has 2 aromatic carbocycles. The number of para-hydroxylation sites is 2. The second-order valence-electron chi connectivity index (χ2n) is 5.70. The lowest BCUT2D eigenvalue weighted by atomic mass is 9.88. The molecule has 3 rings (SSSR count). The van der Waals surface area contributed by atoms with Gasteiger partial charge < -0.3 is 9.80 Å². The highest BCUT2D eigenvalue weighted by Crippen LogP contribution is 2.31. The van der Waals surface area contributed by atoms with Crippen molar-refractivity contribution in [2.75, 3.05) is 29.9 Å². The van der Waals surface area contributed by atoms with Gasteiger partial charge in [-0.2, -0.15) is 0 Å². The topological polar surface area (TPSA) is 6.48 Å². The van der Waals surface area contributed by atoms with E-state index in [4.69, 9.17) is 0 Å². The number of benzene rings is 2. The minimum Gasteiger partial charge on any atom is -0.374 e. The first-order valence-corrected chi connectivity index (χ1v) is 7.33. The first-order chi connectivity index (χ1) is 9.75. The highest BCUT2D eigenvalue weighted by Gasteiger charge is 2.35. The van der Waals surface area contributed by atoms with Gasteiger partial charge in [-0.15, -0.1) is 0 Å². The summed E-state index contributed by atoms with van der Waals surface area (Å²) in [6, 6.07) is 22.0. The fourth-order valence-electron chi connectivity index (χ4n) is 3.00. The van der Waals surface area contributed by atoms with Crippen molar-refractivity contribution in [1.82, 2.24) is 0 Å². The molecule has 0 aliphatic carbocycles. The van der Waals surface area contributed by atoms with Gasteiger partial charge in [-0.3, -0.25) is 0 Å². The Bertz CT molecular complexity index is 538. The lowest BCUT2D eigenvalue weighted by Crippen LogP contribution is -2.58. The summed E-state index contributed by atoms with van der Waals surface area (Å²) in [6.45, 7) is 4.61. The minimum absolute atomic E-state index is 0.614. The molecule has 104 valence electrons. The van der Waals surface area contributed by atoms with Crippen LogP contribution in [0, 0.1) is 5.92 Å². The molecule has 0 radical (unpaired) electrons. The lowest BCUT2D eigenvalue weighted by Gasteiger charge is -2.49. The summed E-state index contributed by atoms with van der Waals surface area (Å²) < 4.78 is 0. The van der Waals surface area contributed by atoms with Gasteiger partial charge in [0.2, 0.25) is 0 Å². The van der Waals surface area contributed by atoms with E-state index in [9.17, 15) is 0 Å². The molecule has 1 aliphatic rings. The quantitative estimate of drug-likeness (QED) is 0.833. The number of rotatable bonds is 4. The number of nitrogens with zero attached hydrogens (tertiary/aromatic N) is 2. The van der Waals surface area contributed by atoms with E-state index in [-0.39, 0.29) is 0 Å². The Labute approximate surface area is 121 Å². The van der Waals surface area contributed by atoms with Crippen molar-refractivity contribution in [3.63, 3.8) is 0 Å². The third-order valence-electron chi connectivity index (χ3n) is 4.40. The molecule has 0 unspecified atom stereocenters. The van der Waals surface area contributed by atoms with Crippen molar-refractivity contribution >= 4 is 11.4 Å². The zero-order valence-electron chi connectivity index (χ0n) is 12.2. The highest BCUT2D eigenvalue weighted by molar-refractivity contribution is 5.51. The van der Waals surface area contributed by atoms with Crippen LogP contribution in [0.4, 0.5) is 11.4 Å². The zero-order chi connectivity index (χ0) is 13.9. The number of anilines is 2. The average Bonchev–Trinajstić information content (AvgIpc) is 2.52. The van der Waals surface area contributed by atoms with E-state index in [2.05, 4.69) is 84.4 Å². The highest BCUT2D eigenvalue weighted by atomic mass is 15.2. The third-order valence-corrected chi connectivity index (χ3v) is 4.40. The Balaban J connectivity index is 1.59. The molecular formula is C18H22N2. The first kappa shape index (κ1) is 13.0. The van der Waals surface area contributed by atoms with Crippen molar-refractivity contribution in [3.05, 3.63) is 60.7 Å². The molecule has 2 aromatic rings. The summed E-state index contributed by atoms with van der Waals surface area (Å²) in [6.07, 6.45) is 0. The van der Waals surface area contributed by atoms with Gasteiger partial charge >= 0.3 is 0 Å². The zero-order valence-corrected chi connectivity index (χ0v) is 12.2. The summed E-state index contributed by atoms with van der Waals surface area (Å²) in [5.41, 5.74) is 2.65. The van der Waals surface area contributed by atoms with Gasteiger partial charge in [0.15, 0.2) is 0 Å². The van der Waals surface area contributed by atoms with Crippen molar-refractivity contribution in [1.29, 1.82) is 0 Å². The van der Waals surface area contributed by atoms with Gasteiger partial charge in [-0.25, -0.2) is 0 Å². The maximum absolute atomic E-state index is 2.49. The van der Waals surface area contributed by atoms with Crippen LogP contribution in [-0.2, 0) is 0 Å². The molecule has 2 nitrogen and oxygen atoms in total. The smallest absolute Gasteiger partial charge is 0.0368 e. The van der Waals surface area contributed by atoms with E-state index in [0.29, 0.717) is 6.04 Å². The van der Waals surface area contributed by atoms with E-state index >= 15 is 0 Å². The summed E-state index contributed by atoms with van der Waals surface area (Å²) >= 11 is 0. The molecule has 2 heteroatoms. The van der Waals surface area contributed by atoms with E-state index in [0.717, 1.165) is 19.0 Å². The molecule has 0 bridgehead atoms. The number of hydrogen-bond donors (Lipinski definition) is 0. The standard InChI is InChI=1S/C18H22N2/c1-15-16(13-19(2)17-9-5-3-6-10-17)14-20(15)18-11-7-4-8-12-18/h3-12,15-16H,13-14H2,1-2H3/t15-,16+/m1/s1. The molecule has 1 heterocycles. The molecule has 2 atom stereocenters. The van der Waals surface area contributed by atoms with Crippen LogP contribution in [0.25, 0.3) is 0 Å². The van der Waals surface area contributed by atoms with Crippen LogP contribution in [0.2, 0.25) is 0 Å². The minimum atomic E-state index is 0.614.